The molecule has 1 aliphatic rings. The molecule has 1 aromatic rings. The highest BCUT2D eigenvalue weighted by Gasteiger charge is 2.31. The third-order valence-electron chi connectivity index (χ3n) is 2.94. The van der Waals surface area contributed by atoms with E-state index >= 15 is 0 Å². The Hall–Kier alpha value is -1.62. The Morgan fingerprint density at radius 1 is 1.62 bits per heavy atom. The molecule has 2 unspecified atom stereocenters. The third kappa shape index (κ3) is 2.30. The molecule has 86 valence electrons. The van der Waals surface area contributed by atoms with Crippen LogP contribution in [0.15, 0.2) is 18.2 Å². The fourth-order valence-electron chi connectivity index (χ4n) is 1.67. The first-order valence-electron chi connectivity index (χ1n) is 5.27. The van der Waals surface area contributed by atoms with Crippen molar-refractivity contribution in [2.24, 2.45) is 5.92 Å². The van der Waals surface area contributed by atoms with Crippen LogP contribution in [-0.2, 0) is 6.54 Å². The van der Waals surface area contributed by atoms with E-state index in [9.17, 15) is 15.2 Å². The van der Waals surface area contributed by atoms with Crippen LogP contribution in [-0.4, -0.2) is 16.1 Å². The van der Waals surface area contributed by atoms with Crippen molar-refractivity contribution in [3.05, 3.63) is 33.9 Å². The van der Waals surface area contributed by atoms with Gasteiger partial charge in [-0.05, 0) is 18.4 Å². The zero-order valence-electron chi connectivity index (χ0n) is 9.01. The Balaban J connectivity index is 2.06. The summed E-state index contributed by atoms with van der Waals surface area (Å²) < 4.78 is 0. The molecule has 0 spiro atoms. The van der Waals surface area contributed by atoms with Gasteiger partial charge in [0.05, 0.1) is 4.92 Å². The molecule has 1 saturated carbocycles. The van der Waals surface area contributed by atoms with E-state index < -0.39 is 4.92 Å². The van der Waals surface area contributed by atoms with Crippen molar-refractivity contribution in [3.63, 3.8) is 0 Å². The molecule has 1 aromatic carbocycles. The normalized spacial score (nSPS) is 23.1. The van der Waals surface area contributed by atoms with Gasteiger partial charge in [-0.1, -0.05) is 6.92 Å². The van der Waals surface area contributed by atoms with Crippen molar-refractivity contribution in [1.29, 1.82) is 0 Å². The molecule has 2 rings (SSSR count). The van der Waals surface area contributed by atoms with E-state index in [-0.39, 0.29) is 11.4 Å². The monoisotopic (exact) mass is 222 g/mol. The second-order valence-corrected chi connectivity index (χ2v) is 4.27. The van der Waals surface area contributed by atoms with E-state index in [1.807, 2.05) is 0 Å². The summed E-state index contributed by atoms with van der Waals surface area (Å²) in [4.78, 5) is 10.1. The summed E-state index contributed by atoms with van der Waals surface area (Å²) in [5.74, 6) is 0.771. The largest absolute Gasteiger partial charge is 0.508 e. The lowest BCUT2D eigenvalue weighted by molar-refractivity contribution is -0.384. The number of nitro groups is 1. The minimum Gasteiger partial charge on any atom is -0.508 e. The Kier molecular flexibility index (Phi) is 2.78. The van der Waals surface area contributed by atoms with Gasteiger partial charge in [0, 0.05) is 30.3 Å². The van der Waals surface area contributed by atoms with E-state index in [0.717, 1.165) is 6.42 Å². The minimum atomic E-state index is -0.456. The first-order valence-corrected chi connectivity index (χ1v) is 5.27. The van der Waals surface area contributed by atoms with Crippen molar-refractivity contribution in [2.45, 2.75) is 25.9 Å². The van der Waals surface area contributed by atoms with Gasteiger partial charge in [-0.25, -0.2) is 0 Å². The molecule has 0 amide bonds. The molecule has 1 fully saturated rings. The zero-order chi connectivity index (χ0) is 11.7. The summed E-state index contributed by atoms with van der Waals surface area (Å²) in [7, 11) is 0. The lowest BCUT2D eigenvalue weighted by Gasteiger charge is -2.05. The van der Waals surface area contributed by atoms with Gasteiger partial charge in [-0.2, -0.15) is 0 Å². The topological polar surface area (TPSA) is 75.4 Å². The molecular weight excluding hydrogens is 208 g/mol. The third-order valence-corrected chi connectivity index (χ3v) is 2.94. The van der Waals surface area contributed by atoms with Gasteiger partial charge >= 0.3 is 0 Å². The maximum absolute atomic E-state index is 10.6. The molecule has 2 N–H and O–H groups in total. The molecule has 1 aliphatic carbocycles. The molecule has 0 bridgehead atoms. The van der Waals surface area contributed by atoms with Crippen LogP contribution in [0.5, 0.6) is 5.75 Å². The number of nitro benzene ring substituents is 1. The highest BCUT2D eigenvalue weighted by atomic mass is 16.6. The average Bonchev–Trinajstić information content (AvgIpc) is 2.93. The molecule has 0 aromatic heterocycles. The number of benzene rings is 1. The van der Waals surface area contributed by atoms with Crippen LogP contribution >= 0.6 is 0 Å². The molecule has 16 heavy (non-hydrogen) atoms. The van der Waals surface area contributed by atoms with Crippen LogP contribution in [0.1, 0.15) is 18.9 Å². The molecule has 2 atom stereocenters. The first-order chi connectivity index (χ1) is 7.58. The molecular formula is C11H14N2O3. The summed E-state index contributed by atoms with van der Waals surface area (Å²) >= 11 is 0. The first kappa shape index (κ1) is 10.9. The van der Waals surface area contributed by atoms with Gasteiger partial charge in [-0.3, -0.25) is 10.1 Å². The summed E-state index contributed by atoms with van der Waals surface area (Å²) in [5.41, 5.74) is 0.590. The van der Waals surface area contributed by atoms with Gasteiger partial charge in [0.1, 0.15) is 5.75 Å². The van der Waals surface area contributed by atoms with Gasteiger partial charge < -0.3 is 10.4 Å². The molecule has 0 radical (unpaired) electrons. The number of nitrogens with zero attached hydrogens (tertiary/aromatic N) is 1. The molecule has 0 heterocycles. The van der Waals surface area contributed by atoms with Crippen molar-refractivity contribution >= 4 is 5.69 Å². The standard InChI is InChI=1S/C11H14N2O3/c1-7-4-10(7)12-6-8-5-9(13(15)16)2-3-11(8)14/h2-3,5,7,10,12,14H,4,6H2,1H3. The molecule has 0 aliphatic heterocycles. The van der Waals surface area contributed by atoms with E-state index in [4.69, 9.17) is 0 Å². The molecule has 0 saturated heterocycles. The highest BCUT2D eigenvalue weighted by molar-refractivity contribution is 5.42. The van der Waals surface area contributed by atoms with Crippen LogP contribution in [0.25, 0.3) is 0 Å². The van der Waals surface area contributed by atoms with Crippen LogP contribution in [0.3, 0.4) is 0 Å². The Morgan fingerprint density at radius 2 is 2.31 bits per heavy atom. The van der Waals surface area contributed by atoms with Crippen LogP contribution in [0.2, 0.25) is 0 Å². The number of non-ortho nitro benzene ring substituents is 1. The van der Waals surface area contributed by atoms with E-state index in [1.54, 1.807) is 0 Å². The fourth-order valence-corrected chi connectivity index (χ4v) is 1.67. The number of hydrogen-bond donors (Lipinski definition) is 2. The van der Waals surface area contributed by atoms with Crippen LogP contribution in [0.4, 0.5) is 5.69 Å². The number of hydrogen-bond acceptors (Lipinski definition) is 4. The minimum absolute atomic E-state index is 0.0124. The second-order valence-electron chi connectivity index (χ2n) is 4.27. The number of rotatable bonds is 4. The Morgan fingerprint density at radius 3 is 2.88 bits per heavy atom. The van der Waals surface area contributed by atoms with Crippen LogP contribution in [0, 0.1) is 16.0 Å². The van der Waals surface area contributed by atoms with E-state index in [2.05, 4.69) is 12.2 Å². The number of phenolic OH excluding ortho intramolecular Hbond substituents is 1. The van der Waals surface area contributed by atoms with Crippen LogP contribution < -0.4 is 5.32 Å². The van der Waals surface area contributed by atoms with Crippen molar-refractivity contribution in [2.75, 3.05) is 0 Å². The maximum atomic E-state index is 10.6. The number of nitrogens with one attached hydrogen (secondary N) is 1. The summed E-state index contributed by atoms with van der Waals surface area (Å²) in [6, 6.07) is 4.57. The molecule has 5 heteroatoms. The van der Waals surface area contributed by atoms with Crippen molar-refractivity contribution < 1.29 is 10.0 Å². The number of aromatic hydroxyl groups is 1. The van der Waals surface area contributed by atoms with Crippen molar-refractivity contribution in [3.8, 4) is 5.75 Å². The Labute approximate surface area is 93.2 Å². The lowest BCUT2D eigenvalue weighted by atomic mass is 10.1. The predicted octanol–water partition coefficient (Wildman–Crippen LogP) is 1.80. The Bertz CT molecular complexity index is 420. The van der Waals surface area contributed by atoms with Gasteiger partial charge in [0.15, 0.2) is 0 Å². The van der Waals surface area contributed by atoms with Gasteiger partial charge in [0.2, 0.25) is 0 Å². The maximum Gasteiger partial charge on any atom is 0.270 e. The van der Waals surface area contributed by atoms with Gasteiger partial charge in [0.25, 0.3) is 5.69 Å². The van der Waals surface area contributed by atoms with Gasteiger partial charge in [-0.15, -0.1) is 0 Å². The fraction of sp³-hybridized carbons (Fsp3) is 0.455. The van der Waals surface area contributed by atoms with Crippen molar-refractivity contribution in [1.82, 2.24) is 5.32 Å². The summed E-state index contributed by atoms with van der Waals surface area (Å²) in [6.07, 6.45) is 1.13. The quantitative estimate of drug-likeness (QED) is 0.601. The number of phenols is 1. The highest BCUT2D eigenvalue weighted by Crippen LogP contribution is 2.30. The second kappa shape index (κ2) is 4.09. The lowest BCUT2D eigenvalue weighted by Crippen LogP contribution is -2.17. The summed E-state index contributed by atoms with van der Waals surface area (Å²) in [6.45, 7) is 2.62. The zero-order valence-corrected chi connectivity index (χ0v) is 9.01. The molecule has 5 nitrogen and oxygen atoms in total. The smallest absolute Gasteiger partial charge is 0.270 e. The predicted molar refractivity (Wildman–Crippen MR) is 59.2 cm³/mol. The average molecular weight is 222 g/mol. The van der Waals surface area contributed by atoms with E-state index in [0.29, 0.717) is 24.1 Å². The summed E-state index contributed by atoms with van der Waals surface area (Å²) in [5, 5.41) is 23.4. The van der Waals surface area contributed by atoms with E-state index in [1.165, 1.54) is 18.2 Å². The SMILES string of the molecule is CC1CC1NCc1cc([N+](=O)[O-])ccc1O.